The molecule has 1 fully saturated rings. The van der Waals surface area contributed by atoms with Crippen molar-refractivity contribution < 1.29 is 19.7 Å². The molecule has 5 nitrogen and oxygen atoms in total. The Morgan fingerprint density at radius 3 is 3.16 bits per heavy atom. The summed E-state index contributed by atoms with van der Waals surface area (Å²) in [5, 5.41) is 19.4. The van der Waals surface area contributed by atoms with E-state index in [0.717, 1.165) is 4.88 Å². The van der Waals surface area contributed by atoms with Crippen molar-refractivity contribution in [1.29, 1.82) is 0 Å². The molecular formula is C13H15NO4S. The topological polar surface area (TPSA) is 70.0 Å². The zero-order valence-electron chi connectivity index (χ0n) is 10.3. The molecule has 1 atom stereocenters. The van der Waals surface area contributed by atoms with Gasteiger partial charge >= 0.3 is 0 Å². The van der Waals surface area contributed by atoms with E-state index in [4.69, 9.17) is 14.9 Å². The van der Waals surface area contributed by atoms with Gasteiger partial charge in [-0.2, -0.15) is 0 Å². The molecule has 1 aromatic rings. The van der Waals surface area contributed by atoms with Crippen LogP contribution in [0, 0.1) is 11.8 Å². The van der Waals surface area contributed by atoms with Crippen LogP contribution >= 0.6 is 11.3 Å². The Kier molecular flexibility index (Phi) is 4.93. The summed E-state index contributed by atoms with van der Waals surface area (Å²) in [6.07, 6.45) is -0.301. The van der Waals surface area contributed by atoms with E-state index in [2.05, 4.69) is 11.8 Å². The second-order valence-electron chi connectivity index (χ2n) is 4.09. The van der Waals surface area contributed by atoms with Crippen molar-refractivity contribution in [2.75, 3.05) is 32.9 Å². The van der Waals surface area contributed by atoms with Crippen LogP contribution in [0.15, 0.2) is 11.4 Å². The number of hydrogen-bond acceptors (Lipinski definition) is 5. The first kappa shape index (κ1) is 14.0. The summed E-state index contributed by atoms with van der Waals surface area (Å²) >= 11 is 1.38. The van der Waals surface area contributed by atoms with Crippen LogP contribution in [0.25, 0.3) is 0 Å². The number of carbonyl (C=O) groups excluding carboxylic acids is 1. The van der Waals surface area contributed by atoms with Gasteiger partial charge in [0.1, 0.15) is 6.61 Å². The quantitative estimate of drug-likeness (QED) is 0.744. The molecule has 1 aliphatic heterocycles. The SMILES string of the molecule is O=C(c1csc(C#CCO)c1)N1CCOC(CO)C1. The predicted molar refractivity (Wildman–Crippen MR) is 71.0 cm³/mol. The Balaban J connectivity index is 2.04. The van der Waals surface area contributed by atoms with E-state index in [1.54, 1.807) is 16.3 Å². The summed E-state index contributed by atoms with van der Waals surface area (Å²) < 4.78 is 5.31. The first-order valence-corrected chi connectivity index (χ1v) is 6.82. The number of nitrogens with zero attached hydrogens (tertiary/aromatic N) is 1. The molecule has 0 bridgehead atoms. The highest BCUT2D eigenvalue weighted by Crippen LogP contribution is 2.17. The largest absolute Gasteiger partial charge is 0.394 e. The smallest absolute Gasteiger partial charge is 0.254 e. The van der Waals surface area contributed by atoms with Gasteiger partial charge in [-0.15, -0.1) is 11.3 Å². The van der Waals surface area contributed by atoms with E-state index in [1.807, 2.05) is 0 Å². The average molecular weight is 281 g/mol. The van der Waals surface area contributed by atoms with Crippen molar-refractivity contribution in [2.45, 2.75) is 6.10 Å². The maximum Gasteiger partial charge on any atom is 0.254 e. The van der Waals surface area contributed by atoms with Crippen molar-refractivity contribution in [1.82, 2.24) is 4.90 Å². The van der Waals surface area contributed by atoms with Gasteiger partial charge in [-0.25, -0.2) is 0 Å². The number of morpholine rings is 1. The number of aliphatic hydroxyl groups excluding tert-OH is 2. The molecule has 1 aromatic heterocycles. The van der Waals surface area contributed by atoms with Gasteiger partial charge in [-0.1, -0.05) is 11.8 Å². The van der Waals surface area contributed by atoms with Crippen molar-refractivity contribution in [2.24, 2.45) is 0 Å². The molecule has 0 radical (unpaired) electrons. The first-order valence-electron chi connectivity index (χ1n) is 5.94. The second-order valence-corrected chi connectivity index (χ2v) is 5.00. The molecule has 0 spiro atoms. The maximum atomic E-state index is 12.2. The Morgan fingerprint density at radius 1 is 1.58 bits per heavy atom. The van der Waals surface area contributed by atoms with Crippen LogP contribution in [0.2, 0.25) is 0 Å². The highest BCUT2D eigenvalue weighted by molar-refractivity contribution is 7.10. The minimum Gasteiger partial charge on any atom is -0.394 e. The van der Waals surface area contributed by atoms with Gasteiger partial charge in [0.15, 0.2) is 0 Å². The lowest BCUT2D eigenvalue weighted by atomic mass is 10.2. The molecule has 1 amide bonds. The highest BCUT2D eigenvalue weighted by atomic mass is 32.1. The Hall–Kier alpha value is -1.39. The van der Waals surface area contributed by atoms with E-state index in [1.165, 1.54) is 11.3 Å². The van der Waals surface area contributed by atoms with Crippen molar-refractivity contribution >= 4 is 17.2 Å². The van der Waals surface area contributed by atoms with Gasteiger partial charge in [0.25, 0.3) is 5.91 Å². The number of hydrogen-bond donors (Lipinski definition) is 2. The van der Waals surface area contributed by atoms with E-state index < -0.39 is 0 Å². The van der Waals surface area contributed by atoms with Gasteiger partial charge in [0.05, 0.1) is 29.8 Å². The molecule has 2 rings (SSSR count). The fourth-order valence-electron chi connectivity index (χ4n) is 1.84. The summed E-state index contributed by atoms with van der Waals surface area (Å²) in [5.74, 6) is 5.25. The second kappa shape index (κ2) is 6.68. The van der Waals surface area contributed by atoms with Crippen LogP contribution in [-0.4, -0.2) is 60.0 Å². The molecule has 19 heavy (non-hydrogen) atoms. The molecule has 6 heteroatoms. The molecule has 0 saturated carbocycles. The summed E-state index contributed by atoms with van der Waals surface area (Å²) in [6.45, 7) is 1.10. The summed E-state index contributed by atoms with van der Waals surface area (Å²) in [5.41, 5.74) is 0.589. The van der Waals surface area contributed by atoms with E-state index in [9.17, 15) is 4.79 Å². The number of amides is 1. The molecule has 0 aromatic carbocycles. The minimum atomic E-state index is -0.301. The maximum absolute atomic E-state index is 12.2. The fourth-order valence-corrected chi connectivity index (χ4v) is 2.59. The monoisotopic (exact) mass is 281 g/mol. The average Bonchev–Trinajstić information content (AvgIpc) is 2.93. The van der Waals surface area contributed by atoms with Crippen LogP contribution in [0.4, 0.5) is 0 Å². The molecule has 2 N–H and O–H groups in total. The van der Waals surface area contributed by atoms with Gasteiger partial charge in [0.2, 0.25) is 0 Å². The third-order valence-electron chi connectivity index (χ3n) is 2.77. The number of rotatable bonds is 2. The van der Waals surface area contributed by atoms with Crippen molar-refractivity contribution in [3.05, 3.63) is 21.9 Å². The standard InChI is InChI=1S/C13H15NO4S/c15-4-1-2-12-6-10(9-19-12)13(17)14-3-5-18-11(7-14)8-16/h6,9,11,15-16H,3-5,7-8H2. The lowest BCUT2D eigenvalue weighted by Gasteiger charge is -2.31. The zero-order chi connectivity index (χ0) is 13.7. The molecular weight excluding hydrogens is 266 g/mol. The summed E-state index contributed by atoms with van der Waals surface area (Å²) in [6, 6.07) is 1.72. The Labute approximate surface area is 115 Å². The molecule has 1 unspecified atom stereocenters. The van der Waals surface area contributed by atoms with Gasteiger partial charge in [-0.3, -0.25) is 4.79 Å². The predicted octanol–water partition coefficient (Wildman–Crippen LogP) is -0.0748. The van der Waals surface area contributed by atoms with Crippen LogP contribution in [0.1, 0.15) is 15.2 Å². The van der Waals surface area contributed by atoms with Crippen LogP contribution in [-0.2, 0) is 4.74 Å². The van der Waals surface area contributed by atoms with Crippen LogP contribution < -0.4 is 0 Å². The number of thiophene rings is 1. The molecule has 102 valence electrons. The normalized spacial score (nSPS) is 18.8. The van der Waals surface area contributed by atoms with E-state index in [-0.39, 0.29) is 25.2 Å². The van der Waals surface area contributed by atoms with Gasteiger partial charge in [0, 0.05) is 18.5 Å². The summed E-state index contributed by atoms with van der Waals surface area (Å²) in [4.78, 5) is 14.7. The fraction of sp³-hybridized carbons (Fsp3) is 0.462. The zero-order valence-corrected chi connectivity index (χ0v) is 11.2. The van der Waals surface area contributed by atoms with Crippen molar-refractivity contribution in [3.8, 4) is 11.8 Å². The molecule has 2 heterocycles. The Morgan fingerprint density at radius 2 is 2.42 bits per heavy atom. The van der Waals surface area contributed by atoms with Crippen LogP contribution in [0.5, 0.6) is 0 Å². The molecule has 0 aliphatic carbocycles. The number of ether oxygens (including phenoxy) is 1. The number of carbonyl (C=O) groups is 1. The first-order chi connectivity index (χ1) is 9.24. The molecule has 1 aliphatic rings. The van der Waals surface area contributed by atoms with Crippen molar-refractivity contribution in [3.63, 3.8) is 0 Å². The molecule has 1 saturated heterocycles. The van der Waals surface area contributed by atoms with E-state index >= 15 is 0 Å². The minimum absolute atomic E-state index is 0.0740. The Bertz CT molecular complexity index is 502. The van der Waals surface area contributed by atoms with E-state index in [0.29, 0.717) is 25.3 Å². The third kappa shape index (κ3) is 3.55. The van der Waals surface area contributed by atoms with Gasteiger partial charge in [-0.05, 0) is 6.07 Å². The lowest BCUT2D eigenvalue weighted by Crippen LogP contribution is -2.46. The third-order valence-corrected chi connectivity index (χ3v) is 3.61. The summed E-state index contributed by atoms with van der Waals surface area (Å²) in [7, 11) is 0. The number of aliphatic hydroxyl groups is 2. The highest BCUT2D eigenvalue weighted by Gasteiger charge is 2.24. The van der Waals surface area contributed by atoms with Gasteiger partial charge < -0.3 is 19.8 Å². The lowest BCUT2D eigenvalue weighted by molar-refractivity contribution is -0.0447. The van der Waals surface area contributed by atoms with Crippen LogP contribution in [0.3, 0.4) is 0 Å².